The molecule has 0 bridgehead atoms. The molecule has 0 aromatic heterocycles. The van der Waals surface area contributed by atoms with Gasteiger partial charge in [-0.25, -0.2) is 0 Å². The van der Waals surface area contributed by atoms with E-state index in [1.54, 1.807) is 0 Å². The van der Waals surface area contributed by atoms with Crippen molar-refractivity contribution in [3.8, 4) is 0 Å². The van der Waals surface area contributed by atoms with Crippen LogP contribution in [0.4, 0.5) is 0 Å². The minimum atomic E-state index is 0.0572. The second-order valence-electron chi connectivity index (χ2n) is 4.78. The largest absolute Gasteiger partial charge is 0.327 e. The predicted molar refractivity (Wildman–Crippen MR) is 70.3 cm³/mol. The summed E-state index contributed by atoms with van der Waals surface area (Å²) in [5, 5.41) is 1.44. The van der Waals surface area contributed by atoms with Crippen molar-refractivity contribution in [3.05, 3.63) is 33.8 Å². The van der Waals surface area contributed by atoms with E-state index in [0.29, 0.717) is 5.02 Å². The van der Waals surface area contributed by atoms with E-state index >= 15 is 0 Å². The van der Waals surface area contributed by atoms with Crippen LogP contribution in [-0.4, -0.2) is 6.04 Å². The molecule has 0 radical (unpaired) electrons. The summed E-state index contributed by atoms with van der Waals surface area (Å²) in [6.45, 7) is 2.08. The Bertz CT molecular complexity index is 382. The molecular weight excluding hydrogens is 241 g/mol. The lowest BCUT2D eigenvalue weighted by atomic mass is 9.73. The van der Waals surface area contributed by atoms with E-state index in [2.05, 4.69) is 6.92 Å². The summed E-state index contributed by atoms with van der Waals surface area (Å²) in [5.41, 5.74) is 7.41. The molecule has 1 nitrogen and oxygen atoms in total. The Hall–Kier alpha value is -0.240. The van der Waals surface area contributed by atoms with E-state index in [9.17, 15) is 0 Å². The van der Waals surface area contributed by atoms with Gasteiger partial charge in [-0.15, -0.1) is 0 Å². The highest BCUT2D eigenvalue weighted by atomic mass is 35.5. The first-order chi connectivity index (χ1) is 7.56. The maximum Gasteiger partial charge on any atom is 0.0459 e. The zero-order chi connectivity index (χ0) is 11.8. The van der Waals surface area contributed by atoms with Crippen LogP contribution in [0.3, 0.4) is 0 Å². The Kier molecular flexibility index (Phi) is 3.48. The maximum absolute atomic E-state index is 6.30. The van der Waals surface area contributed by atoms with Crippen LogP contribution in [0.2, 0.25) is 10.0 Å². The minimum Gasteiger partial charge on any atom is -0.327 e. The van der Waals surface area contributed by atoms with Gasteiger partial charge in [0, 0.05) is 21.5 Å². The Morgan fingerprint density at radius 1 is 1.25 bits per heavy atom. The molecule has 1 aliphatic carbocycles. The maximum atomic E-state index is 6.30. The van der Waals surface area contributed by atoms with Gasteiger partial charge in [0.25, 0.3) is 0 Å². The van der Waals surface area contributed by atoms with E-state index < -0.39 is 0 Å². The van der Waals surface area contributed by atoms with Gasteiger partial charge in [0.1, 0.15) is 0 Å². The number of benzene rings is 1. The van der Waals surface area contributed by atoms with Crippen molar-refractivity contribution in [3.63, 3.8) is 0 Å². The minimum absolute atomic E-state index is 0.0572. The highest BCUT2D eigenvalue weighted by molar-refractivity contribution is 6.35. The molecule has 0 aliphatic heterocycles. The Morgan fingerprint density at radius 2 is 1.88 bits per heavy atom. The van der Waals surface area contributed by atoms with Crippen LogP contribution in [0.25, 0.3) is 0 Å². The van der Waals surface area contributed by atoms with Gasteiger partial charge in [-0.1, -0.05) is 42.1 Å². The summed E-state index contributed by atoms with van der Waals surface area (Å²) < 4.78 is 0. The summed E-state index contributed by atoms with van der Waals surface area (Å²) in [5.74, 6) is 0. The third-order valence-corrected chi connectivity index (χ3v) is 4.38. The summed E-state index contributed by atoms with van der Waals surface area (Å²) >= 11 is 12.2. The van der Waals surface area contributed by atoms with Crippen LogP contribution in [0, 0.1) is 0 Å². The lowest BCUT2D eigenvalue weighted by Crippen LogP contribution is -2.41. The molecule has 0 saturated heterocycles. The third kappa shape index (κ3) is 1.97. The molecule has 0 heterocycles. The zero-order valence-electron chi connectivity index (χ0n) is 9.47. The number of halogens is 2. The average Bonchev–Trinajstić information content (AvgIpc) is 2.67. The molecule has 0 spiro atoms. The van der Waals surface area contributed by atoms with Crippen molar-refractivity contribution in [1.29, 1.82) is 0 Å². The molecule has 1 aliphatic rings. The first kappa shape index (κ1) is 12.2. The molecule has 2 N–H and O–H groups in total. The Morgan fingerprint density at radius 3 is 2.38 bits per heavy atom. The summed E-state index contributed by atoms with van der Waals surface area (Å²) in [7, 11) is 0. The second-order valence-corrected chi connectivity index (χ2v) is 5.62. The number of hydrogen-bond donors (Lipinski definition) is 1. The SMILES string of the molecule is CC(N)C1(c2ccc(Cl)cc2Cl)CCCC1. The molecule has 3 heteroatoms. The van der Waals surface area contributed by atoms with Crippen LogP contribution >= 0.6 is 23.2 Å². The molecule has 88 valence electrons. The van der Waals surface area contributed by atoms with E-state index in [1.165, 1.54) is 18.4 Å². The Labute approximate surface area is 107 Å². The molecule has 2 rings (SSSR count). The van der Waals surface area contributed by atoms with Crippen molar-refractivity contribution in [2.75, 3.05) is 0 Å². The van der Waals surface area contributed by atoms with Gasteiger partial charge in [-0.05, 0) is 37.5 Å². The smallest absolute Gasteiger partial charge is 0.0459 e. The van der Waals surface area contributed by atoms with Crippen molar-refractivity contribution >= 4 is 23.2 Å². The standard InChI is InChI=1S/C13H17Cl2N/c1-9(16)13(6-2-3-7-13)11-5-4-10(14)8-12(11)15/h4-5,8-9H,2-3,6-7,16H2,1H3. The van der Waals surface area contributed by atoms with Gasteiger partial charge >= 0.3 is 0 Å². The molecule has 1 unspecified atom stereocenters. The van der Waals surface area contributed by atoms with Crippen LogP contribution in [0.15, 0.2) is 18.2 Å². The zero-order valence-corrected chi connectivity index (χ0v) is 11.0. The third-order valence-electron chi connectivity index (χ3n) is 3.83. The van der Waals surface area contributed by atoms with E-state index in [4.69, 9.17) is 28.9 Å². The van der Waals surface area contributed by atoms with Gasteiger partial charge in [0.15, 0.2) is 0 Å². The topological polar surface area (TPSA) is 26.0 Å². The summed E-state index contributed by atoms with van der Waals surface area (Å²) in [6, 6.07) is 5.90. The Balaban J connectivity index is 2.47. The highest BCUT2D eigenvalue weighted by Gasteiger charge is 2.40. The molecule has 1 fully saturated rings. The fourth-order valence-corrected chi connectivity index (χ4v) is 3.47. The summed E-state index contributed by atoms with van der Waals surface area (Å²) in [4.78, 5) is 0. The lowest BCUT2D eigenvalue weighted by Gasteiger charge is -2.34. The molecule has 1 aromatic carbocycles. The van der Waals surface area contributed by atoms with Crippen LogP contribution in [0.1, 0.15) is 38.2 Å². The molecular formula is C13H17Cl2N. The van der Waals surface area contributed by atoms with Crippen molar-refractivity contribution in [2.45, 2.75) is 44.1 Å². The van der Waals surface area contributed by atoms with Crippen LogP contribution in [-0.2, 0) is 5.41 Å². The molecule has 16 heavy (non-hydrogen) atoms. The predicted octanol–water partition coefficient (Wildman–Crippen LogP) is 4.15. The molecule has 1 atom stereocenters. The molecule has 1 saturated carbocycles. The van der Waals surface area contributed by atoms with Crippen molar-refractivity contribution < 1.29 is 0 Å². The second kappa shape index (κ2) is 4.56. The number of nitrogens with two attached hydrogens (primary N) is 1. The fourth-order valence-electron chi connectivity index (χ4n) is 2.87. The van der Waals surface area contributed by atoms with E-state index in [1.807, 2.05) is 18.2 Å². The van der Waals surface area contributed by atoms with Crippen LogP contribution < -0.4 is 5.73 Å². The van der Waals surface area contributed by atoms with Gasteiger partial charge in [0.2, 0.25) is 0 Å². The van der Waals surface area contributed by atoms with Gasteiger partial charge < -0.3 is 5.73 Å². The van der Waals surface area contributed by atoms with Crippen molar-refractivity contribution in [1.82, 2.24) is 0 Å². The normalized spacial score (nSPS) is 21.0. The fraction of sp³-hybridized carbons (Fsp3) is 0.538. The molecule has 1 aromatic rings. The van der Waals surface area contributed by atoms with E-state index in [0.717, 1.165) is 17.9 Å². The monoisotopic (exact) mass is 257 g/mol. The van der Waals surface area contributed by atoms with Crippen molar-refractivity contribution in [2.24, 2.45) is 5.73 Å². The average molecular weight is 258 g/mol. The number of hydrogen-bond acceptors (Lipinski definition) is 1. The highest BCUT2D eigenvalue weighted by Crippen LogP contribution is 2.46. The first-order valence-electron chi connectivity index (χ1n) is 5.77. The molecule has 0 amide bonds. The first-order valence-corrected chi connectivity index (χ1v) is 6.53. The quantitative estimate of drug-likeness (QED) is 0.847. The number of rotatable bonds is 2. The van der Waals surface area contributed by atoms with E-state index in [-0.39, 0.29) is 11.5 Å². The van der Waals surface area contributed by atoms with Crippen LogP contribution in [0.5, 0.6) is 0 Å². The van der Waals surface area contributed by atoms with Gasteiger partial charge in [-0.3, -0.25) is 0 Å². The van der Waals surface area contributed by atoms with Gasteiger partial charge in [0.05, 0.1) is 0 Å². The van der Waals surface area contributed by atoms with Gasteiger partial charge in [-0.2, -0.15) is 0 Å². The lowest BCUT2D eigenvalue weighted by molar-refractivity contribution is 0.369. The summed E-state index contributed by atoms with van der Waals surface area (Å²) in [6.07, 6.45) is 4.74.